The second-order valence-electron chi connectivity index (χ2n) is 5.86. The van der Waals surface area contributed by atoms with Crippen LogP contribution in [0.5, 0.6) is 5.75 Å². The lowest BCUT2D eigenvalue weighted by atomic mass is 10.0. The molecule has 126 valence electrons. The van der Waals surface area contributed by atoms with Crippen LogP contribution in [-0.2, 0) is 11.3 Å². The largest absolute Gasteiger partial charge is 0.507 e. The average molecular weight is 329 g/mol. The van der Waals surface area contributed by atoms with Gasteiger partial charge in [-0.15, -0.1) is 0 Å². The summed E-state index contributed by atoms with van der Waals surface area (Å²) >= 11 is 0. The summed E-state index contributed by atoms with van der Waals surface area (Å²) in [6, 6.07) is 6.42. The Labute approximate surface area is 139 Å². The lowest BCUT2D eigenvalue weighted by Crippen LogP contribution is -2.14. The summed E-state index contributed by atoms with van der Waals surface area (Å²) < 4.78 is 5.09. The van der Waals surface area contributed by atoms with Gasteiger partial charge in [0.2, 0.25) is 0 Å². The molecule has 7 heteroatoms. The van der Waals surface area contributed by atoms with Crippen LogP contribution < -0.4 is 5.32 Å². The van der Waals surface area contributed by atoms with Crippen LogP contribution in [0.25, 0.3) is 0 Å². The summed E-state index contributed by atoms with van der Waals surface area (Å²) in [5, 5.41) is 19.2. The van der Waals surface area contributed by atoms with E-state index in [2.05, 4.69) is 15.5 Å². The Kier molecular flexibility index (Phi) is 4.79. The Bertz CT molecular complexity index is 735. The van der Waals surface area contributed by atoms with E-state index in [9.17, 15) is 14.7 Å². The van der Waals surface area contributed by atoms with Gasteiger partial charge in [-0.3, -0.25) is 15.2 Å². The molecular formula is C17H19N3O4. The molecule has 1 fully saturated rings. The number of amides is 1. The standard InChI is InChI=1S/C17H19N3O4/c21-9-13-12(6-3-7-15(13)22)10-24-17(23)18-16-8-14(19-20-16)11-4-1-2-5-11/h3,6-9,11,22H,1-2,4-5,10H2,(H2,18,19,20,23). The van der Waals surface area contributed by atoms with Gasteiger partial charge in [0.05, 0.1) is 5.56 Å². The Hall–Kier alpha value is -2.83. The highest BCUT2D eigenvalue weighted by atomic mass is 16.5. The van der Waals surface area contributed by atoms with Gasteiger partial charge in [-0.25, -0.2) is 4.79 Å². The maximum Gasteiger partial charge on any atom is 0.413 e. The fourth-order valence-corrected chi connectivity index (χ4v) is 2.99. The number of nitrogens with zero attached hydrogens (tertiary/aromatic N) is 1. The number of benzene rings is 1. The van der Waals surface area contributed by atoms with Gasteiger partial charge in [-0.1, -0.05) is 25.0 Å². The average Bonchev–Trinajstić information content (AvgIpc) is 3.24. The van der Waals surface area contributed by atoms with Crippen molar-refractivity contribution < 1.29 is 19.4 Å². The summed E-state index contributed by atoms with van der Waals surface area (Å²) in [5.74, 6) is 0.750. The third kappa shape index (κ3) is 3.56. The molecule has 0 aliphatic heterocycles. The molecule has 3 N–H and O–H groups in total. The van der Waals surface area contributed by atoms with Crippen molar-refractivity contribution in [3.05, 3.63) is 41.1 Å². The molecule has 1 saturated carbocycles. The number of hydrogen-bond donors (Lipinski definition) is 3. The zero-order valence-electron chi connectivity index (χ0n) is 13.1. The number of carbonyl (C=O) groups is 2. The molecule has 1 aliphatic rings. The third-order valence-electron chi connectivity index (χ3n) is 4.27. The molecule has 0 bridgehead atoms. The van der Waals surface area contributed by atoms with Gasteiger partial charge in [0.1, 0.15) is 12.4 Å². The van der Waals surface area contributed by atoms with E-state index in [-0.39, 0.29) is 17.9 Å². The van der Waals surface area contributed by atoms with Crippen molar-refractivity contribution in [2.75, 3.05) is 5.32 Å². The quantitative estimate of drug-likeness (QED) is 0.730. The molecular weight excluding hydrogens is 310 g/mol. The van der Waals surface area contributed by atoms with Gasteiger partial charge >= 0.3 is 6.09 Å². The molecule has 1 amide bonds. The number of H-pyrrole nitrogens is 1. The number of anilines is 1. The molecule has 1 heterocycles. The smallest absolute Gasteiger partial charge is 0.413 e. The second-order valence-corrected chi connectivity index (χ2v) is 5.86. The highest BCUT2D eigenvalue weighted by Gasteiger charge is 2.19. The minimum atomic E-state index is -0.667. The maximum absolute atomic E-state index is 11.9. The van der Waals surface area contributed by atoms with Gasteiger partial charge in [0.25, 0.3) is 0 Å². The fourth-order valence-electron chi connectivity index (χ4n) is 2.99. The van der Waals surface area contributed by atoms with Crippen molar-refractivity contribution in [1.82, 2.24) is 10.2 Å². The summed E-state index contributed by atoms with van der Waals surface area (Å²) in [7, 11) is 0. The van der Waals surface area contributed by atoms with Crippen molar-refractivity contribution in [2.24, 2.45) is 0 Å². The zero-order chi connectivity index (χ0) is 16.9. The number of aromatic nitrogens is 2. The van der Waals surface area contributed by atoms with Gasteiger partial charge in [0, 0.05) is 23.2 Å². The van der Waals surface area contributed by atoms with Crippen molar-refractivity contribution in [3.8, 4) is 5.75 Å². The molecule has 0 saturated heterocycles. The molecule has 1 aromatic carbocycles. The number of rotatable bonds is 5. The molecule has 2 aromatic rings. The van der Waals surface area contributed by atoms with E-state index in [4.69, 9.17) is 4.74 Å². The van der Waals surface area contributed by atoms with Crippen LogP contribution in [0, 0.1) is 0 Å². The van der Waals surface area contributed by atoms with Gasteiger partial charge in [0.15, 0.2) is 12.1 Å². The van der Waals surface area contributed by atoms with Crippen LogP contribution in [-0.4, -0.2) is 27.7 Å². The summed E-state index contributed by atoms with van der Waals surface area (Å²) in [6.45, 7) is -0.117. The monoisotopic (exact) mass is 329 g/mol. The highest BCUT2D eigenvalue weighted by molar-refractivity contribution is 5.84. The van der Waals surface area contributed by atoms with Crippen LogP contribution in [0.15, 0.2) is 24.3 Å². The molecule has 1 aliphatic carbocycles. The predicted octanol–water partition coefficient (Wildman–Crippen LogP) is 3.33. The van der Waals surface area contributed by atoms with Crippen LogP contribution >= 0.6 is 0 Å². The first-order chi connectivity index (χ1) is 11.7. The van der Waals surface area contributed by atoms with E-state index in [1.807, 2.05) is 6.07 Å². The Morgan fingerprint density at radius 1 is 1.42 bits per heavy atom. The lowest BCUT2D eigenvalue weighted by molar-refractivity contribution is 0.111. The Morgan fingerprint density at radius 3 is 2.96 bits per heavy atom. The Morgan fingerprint density at radius 2 is 2.21 bits per heavy atom. The molecule has 1 aromatic heterocycles. The van der Waals surface area contributed by atoms with E-state index < -0.39 is 6.09 Å². The van der Waals surface area contributed by atoms with Crippen LogP contribution in [0.3, 0.4) is 0 Å². The summed E-state index contributed by atoms with van der Waals surface area (Å²) in [5.41, 5.74) is 1.58. The zero-order valence-corrected chi connectivity index (χ0v) is 13.1. The molecule has 7 nitrogen and oxygen atoms in total. The van der Waals surface area contributed by atoms with E-state index >= 15 is 0 Å². The van der Waals surface area contributed by atoms with Crippen molar-refractivity contribution in [3.63, 3.8) is 0 Å². The topological polar surface area (TPSA) is 104 Å². The number of ether oxygens (including phenoxy) is 1. The van der Waals surface area contributed by atoms with Crippen LogP contribution in [0.2, 0.25) is 0 Å². The maximum atomic E-state index is 11.9. The first kappa shape index (κ1) is 16.0. The van der Waals surface area contributed by atoms with Crippen LogP contribution in [0.4, 0.5) is 10.6 Å². The molecule has 0 spiro atoms. The predicted molar refractivity (Wildman–Crippen MR) is 87.1 cm³/mol. The van der Waals surface area contributed by atoms with Crippen molar-refractivity contribution in [1.29, 1.82) is 0 Å². The number of hydrogen-bond acceptors (Lipinski definition) is 5. The van der Waals surface area contributed by atoms with E-state index in [0.29, 0.717) is 23.6 Å². The van der Waals surface area contributed by atoms with Crippen LogP contribution in [0.1, 0.15) is 53.2 Å². The van der Waals surface area contributed by atoms with E-state index in [0.717, 1.165) is 18.5 Å². The second kappa shape index (κ2) is 7.16. The number of aromatic hydroxyl groups is 1. The molecule has 0 atom stereocenters. The number of phenolic OH excluding ortho intramolecular Hbond substituents is 1. The number of aldehydes is 1. The normalized spacial score (nSPS) is 14.5. The van der Waals surface area contributed by atoms with Gasteiger partial charge in [-0.05, 0) is 18.9 Å². The summed E-state index contributed by atoms with van der Waals surface area (Å²) in [4.78, 5) is 22.8. The molecule has 24 heavy (non-hydrogen) atoms. The molecule has 3 rings (SSSR count). The first-order valence-electron chi connectivity index (χ1n) is 7.92. The minimum absolute atomic E-state index is 0.117. The minimum Gasteiger partial charge on any atom is -0.507 e. The summed E-state index contributed by atoms with van der Waals surface area (Å²) in [6.07, 6.45) is 4.58. The lowest BCUT2D eigenvalue weighted by Gasteiger charge is -2.08. The first-order valence-corrected chi connectivity index (χ1v) is 7.92. The van der Waals surface area contributed by atoms with E-state index in [1.165, 1.54) is 18.9 Å². The number of aromatic amines is 1. The van der Waals surface area contributed by atoms with Crippen molar-refractivity contribution >= 4 is 18.2 Å². The number of phenols is 1. The fraction of sp³-hybridized carbons (Fsp3) is 0.353. The molecule has 0 unspecified atom stereocenters. The van der Waals surface area contributed by atoms with Crippen molar-refractivity contribution in [2.45, 2.75) is 38.2 Å². The van der Waals surface area contributed by atoms with Gasteiger partial charge in [-0.2, -0.15) is 5.10 Å². The Balaban J connectivity index is 1.56. The third-order valence-corrected chi connectivity index (χ3v) is 4.27. The van der Waals surface area contributed by atoms with Gasteiger partial charge < -0.3 is 9.84 Å². The van der Waals surface area contributed by atoms with E-state index in [1.54, 1.807) is 12.1 Å². The highest BCUT2D eigenvalue weighted by Crippen LogP contribution is 2.33. The number of carbonyl (C=O) groups excluding carboxylic acids is 2. The number of nitrogens with one attached hydrogen (secondary N) is 2. The SMILES string of the molecule is O=Cc1c(O)cccc1COC(=O)Nc1cc(C2CCCC2)[nH]n1. The molecule has 0 radical (unpaired) electrons.